The normalized spacial score (nSPS) is 33.2. The predicted octanol–water partition coefficient (Wildman–Crippen LogP) is 3.34. The number of nitrogens with two attached hydrogens (primary N) is 1. The molecule has 1 saturated carbocycles. The van der Waals surface area contributed by atoms with Crippen LogP contribution in [0.4, 0.5) is 0 Å². The molecule has 0 aromatic carbocycles. The van der Waals surface area contributed by atoms with E-state index in [1.54, 1.807) is 0 Å². The third kappa shape index (κ3) is 2.88. The molecule has 1 aliphatic heterocycles. The maximum absolute atomic E-state index is 5.89. The SMILES string of the molecule is CCC1CCCCC1N1CCC(C)(C(N)=S)CC1. The van der Waals surface area contributed by atoms with Crippen molar-refractivity contribution < 1.29 is 0 Å². The van der Waals surface area contributed by atoms with Gasteiger partial charge in [-0.2, -0.15) is 0 Å². The zero-order valence-corrected chi connectivity index (χ0v) is 12.8. The summed E-state index contributed by atoms with van der Waals surface area (Å²) >= 11 is 5.23. The molecule has 104 valence electrons. The van der Waals surface area contributed by atoms with Crippen LogP contribution >= 0.6 is 12.2 Å². The Bertz CT molecular complexity index is 295. The first-order valence-corrected chi connectivity index (χ1v) is 8.01. The number of thiocarbonyl (C=S) groups is 1. The van der Waals surface area contributed by atoms with Gasteiger partial charge in [0, 0.05) is 11.5 Å². The van der Waals surface area contributed by atoms with Crippen molar-refractivity contribution >= 4 is 17.2 Å². The van der Waals surface area contributed by atoms with Gasteiger partial charge < -0.3 is 10.6 Å². The second-order valence-corrected chi connectivity index (χ2v) is 6.92. The maximum Gasteiger partial charge on any atom is 0.0788 e. The van der Waals surface area contributed by atoms with E-state index in [2.05, 4.69) is 18.7 Å². The van der Waals surface area contributed by atoms with Crippen molar-refractivity contribution in [2.24, 2.45) is 17.1 Å². The minimum Gasteiger partial charge on any atom is -0.393 e. The van der Waals surface area contributed by atoms with E-state index >= 15 is 0 Å². The van der Waals surface area contributed by atoms with Gasteiger partial charge in [0.2, 0.25) is 0 Å². The Morgan fingerprint density at radius 3 is 2.44 bits per heavy atom. The monoisotopic (exact) mass is 268 g/mol. The summed E-state index contributed by atoms with van der Waals surface area (Å²) in [5, 5.41) is 0. The lowest BCUT2D eigenvalue weighted by Gasteiger charge is -2.46. The van der Waals surface area contributed by atoms with Crippen LogP contribution in [0.15, 0.2) is 0 Å². The summed E-state index contributed by atoms with van der Waals surface area (Å²) in [6.07, 6.45) is 9.34. The molecule has 0 amide bonds. The van der Waals surface area contributed by atoms with Crippen molar-refractivity contribution in [2.45, 2.75) is 64.8 Å². The van der Waals surface area contributed by atoms with Gasteiger partial charge in [0.15, 0.2) is 0 Å². The van der Waals surface area contributed by atoms with Crippen LogP contribution in [-0.2, 0) is 0 Å². The molecule has 0 bridgehead atoms. The minimum atomic E-state index is 0.113. The van der Waals surface area contributed by atoms with E-state index in [1.807, 2.05) is 0 Å². The molecule has 3 heteroatoms. The fourth-order valence-corrected chi connectivity index (χ4v) is 3.94. The largest absolute Gasteiger partial charge is 0.393 e. The highest BCUT2D eigenvalue weighted by atomic mass is 32.1. The summed E-state index contributed by atoms with van der Waals surface area (Å²) in [5.41, 5.74) is 6.01. The van der Waals surface area contributed by atoms with Gasteiger partial charge in [-0.05, 0) is 44.7 Å². The van der Waals surface area contributed by atoms with Crippen LogP contribution in [0.25, 0.3) is 0 Å². The Morgan fingerprint density at radius 1 is 1.28 bits per heavy atom. The van der Waals surface area contributed by atoms with E-state index in [1.165, 1.54) is 45.2 Å². The number of likely N-dealkylation sites (tertiary alicyclic amines) is 1. The molecule has 2 unspecified atom stereocenters. The molecule has 2 rings (SSSR count). The third-order valence-electron chi connectivity index (χ3n) is 5.36. The molecule has 2 fully saturated rings. The van der Waals surface area contributed by atoms with Crippen LogP contribution in [0, 0.1) is 11.3 Å². The highest BCUT2D eigenvalue weighted by Crippen LogP contribution is 2.37. The molecule has 1 saturated heterocycles. The molecule has 18 heavy (non-hydrogen) atoms. The predicted molar refractivity (Wildman–Crippen MR) is 81.7 cm³/mol. The van der Waals surface area contributed by atoms with Gasteiger partial charge in [-0.15, -0.1) is 0 Å². The Hall–Kier alpha value is -0.150. The van der Waals surface area contributed by atoms with Gasteiger partial charge in [-0.3, -0.25) is 0 Å². The smallest absolute Gasteiger partial charge is 0.0788 e. The maximum atomic E-state index is 5.89. The summed E-state index contributed by atoms with van der Waals surface area (Å²) < 4.78 is 0. The van der Waals surface area contributed by atoms with Crippen molar-refractivity contribution in [3.05, 3.63) is 0 Å². The van der Waals surface area contributed by atoms with Gasteiger partial charge in [-0.25, -0.2) is 0 Å². The summed E-state index contributed by atoms with van der Waals surface area (Å²) in [4.78, 5) is 3.45. The zero-order valence-electron chi connectivity index (χ0n) is 12.0. The third-order valence-corrected chi connectivity index (χ3v) is 5.85. The highest BCUT2D eigenvalue weighted by Gasteiger charge is 2.37. The molecule has 2 nitrogen and oxygen atoms in total. The molecule has 0 aromatic rings. The van der Waals surface area contributed by atoms with Crippen LogP contribution in [0.5, 0.6) is 0 Å². The first-order chi connectivity index (χ1) is 8.57. The summed E-state index contributed by atoms with van der Waals surface area (Å²) in [5.74, 6) is 0.924. The van der Waals surface area contributed by atoms with Crippen molar-refractivity contribution in [1.29, 1.82) is 0 Å². The van der Waals surface area contributed by atoms with E-state index in [0.717, 1.165) is 29.8 Å². The van der Waals surface area contributed by atoms with E-state index in [4.69, 9.17) is 18.0 Å². The van der Waals surface area contributed by atoms with Crippen molar-refractivity contribution in [3.63, 3.8) is 0 Å². The highest BCUT2D eigenvalue weighted by molar-refractivity contribution is 7.80. The molecule has 2 N–H and O–H groups in total. The molecular formula is C15H28N2S. The van der Waals surface area contributed by atoms with E-state index in [-0.39, 0.29) is 5.41 Å². The van der Waals surface area contributed by atoms with Crippen LogP contribution in [0.2, 0.25) is 0 Å². The van der Waals surface area contributed by atoms with E-state index < -0.39 is 0 Å². The van der Waals surface area contributed by atoms with E-state index in [0.29, 0.717) is 0 Å². The standard InChI is InChI=1S/C15H28N2S/c1-3-12-6-4-5-7-13(12)17-10-8-15(2,9-11-17)14(16)18/h12-13H,3-11H2,1-2H3,(H2,16,18). The average Bonchev–Trinajstić information content (AvgIpc) is 2.39. The molecule has 0 radical (unpaired) electrons. The van der Waals surface area contributed by atoms with Gasteiger partial charge in [0.25, 0.3) is 0 Å². The molecule has 1 heterocycles. The number of nitrogens with zero attached hydrogens (tertiary/aromatic N) is 1. The van der Waals surface area contributed by atoms with Gasteiger partial charge in [0.1, 0.15) is 0 Å². The summed E-state index contributed by atoms with van der Waals surface area (Å²) in [7, 11) is 0. The topological polar surface area (TPSA) is 29.3 Å². The Kier molecular flexibility index (Phi) is 4.65. The van der Waals surface area contributed by atoms with Crippen molar-refractivity contribution in [2.75, 3.05) is 13.1 Å². The van der Waals surface area contributed by atoms with Gasteiger partial charge >= 0.3 is 0 Å². The van der Waals surface area contributed by atoms with Crippen molar-refractivity contribution in [3.8, 4) is 0 Å². The number of piperidine rings is 1. The lowest BCUT2D eigenvalue weighted by Crippen LogP contribution is -2.50. The lowest BCUT2D eigenvalue weighted by molar-refractivity contribution is 0.0585. The second kappa shape index (κ2) is 5.87. The van der Waals surface area contributed by atoms with Gasteiger partial charge in [-0.1, -0.05) is 45.3 Å². The molecule has 2 atom stereocenters. The van der Waals surface area contributed by atoms with Gasteiger partial charge in [0.05, 0.1) is 4.99 Å². The Labute approximate surface area is 117 Å². The van der Waals surface area contributed by atoms with Crippen LogP contribution in [-0.4, -0.2) is 29.0 Å². The fraction of sp³-hybridized carbons (Fsp3) is 0.933. The Balaban J connectivity index is 1.94. The van der Waals surface area contributed by atoms with Crippen LogP contribution in [0.3, 0.4) is 0 Å². The minimum absolute atomic E-state index is 0.113. The zero-order chi connectivity index (χ0) is 13.2. The molecule has 0 aromatic heterocycles. The summed E-state index contributed by atoms with van der Waals surface area (Å²) in [6.45, 7) is 6.97. The first-order valence-electron chi connectivity index (χ1n) is 7.61. The average molecular weight is 268 g/mol. The quantitative estimate of drug-likeness (QED) is 0.796. The summed E-state index contributed by atoms with van der Waals surface area (Å²) in [6, 6.07) is 0.833. The number of hydrogen-bond acceptors (Lipinski definition) is 2. The van der Waals surface area contributed by atoms with E-state index in [9.17, 15) is 0 Å². The van der Waals surface area contributed by atoms with Crippen LogP contribution in [0.1, 0.15) is 58.8 Å². The first kappa shape index (κ1) is 14.3. The molecule has 0 spiro atoms. The van der Waals surface area contributed by atoms with Crippen LogP contribution < -0.4 is 5.73 Å². The molecule has 1 aliphatic carbocycles. The number of hydrogen-bond donors (Lipinski definition) is 1. The number of rotatable bonds is 3. The molecular weight excluding hydrogens is 240 g/mol. The lowest BCUT2D eigenvalue weighted by atomic mass is 9.77. The fourth-order valence-electron chi connectivity index (χ4n) is 3.74. The second-order valence-electron chi connectivity index (χ2n) is 6.48. The Morgan fingerprint density at radius 2 is 1.89 bits per heavy atom. The van der Waals surface area contributed by atoms with Crippen molar-refractivity contribution in [1.82, 2.24) is 4.90 Å². The molecule has 2 aliphatic rings.